The van der Waals surface area contributed by atoms with E-state index in [0.717, 1.165) is 19.8 Å². The standard InChI is InChI=1S/C14H21F2N3O2/c1-4-11-17-18-13(21-11)10-6-5-7-19(9(10)2)12(20)8-14(3,15)16/h9-10H,4-8H2,1-3H3/t9-,10-/m0/s1. The van der Waals surface area contributed by atoms with Gasteiger partial charge in [0.25, 0.3) is 5.92 Å². The molecule has 1 fully saturated rings. The molecule has 0 radical (unpaired) electrons. The number of piperidine rings is 1. The summed E-state index contributed by atoms with van der Waals surface area (Å²) >= 11 is 0. The molecule has 0 aromatic carbocycles. The third-order valence-corrected chi connectivity index (χ3v) is 3.87. The van der Waals surface area contributed by atoms with E-state index in [1.165, 1.54) is 4.90 Å². The zero-order chi connectivity index (χ0) is 15.6. The number of nitrogens with zero attached hydrogens (tertiary/aromatic N) is 3. The van der Waals surface area contributed by atoms with Crippen molar-refractivity contribution in [2.24, 2.45) is 0 Å². The van der Waals surface area contributed by atoms with Crippen molar-refractivity contribution >= 4 is 5.91 Å². The smallest absolute Gasteiger partial charge is 0.254 e. The van der Waals surface area contributed by atoms with E-state index >= 15 is 0 Å². The van der Waals surface area contributed by atoms with Crippen molar-refractivity contribution in [2.45, 2.75) is 64.3 Å². The number of hydrogen-bond acceptors (Lipinski definition) is 4. The molecule has 0 bridgehead atoms. The molecule has 1 aromatic rings. The summed E-state index contributed by atoms with van der Waals surface area (Å²) in [6.07, 6.45) is 1.46. The lowest BCUT2D eigenvalue weighted by Gasteiger charge is -2.38. The maximum absolute atomic E-state index is 13.0. The Morgan fingerprint density at radius 2 is 2.19 bits per heavy atom. The molecule has 1 aliphatic heterocycles. The van der Waals surface area contributed by atoms with E-state index in [-0.39, 0.29) is 12.0 Å². The average Bonchev–Trinajstić information content (AvgIpc) is 2.85. The second-order valence-corrected chi connectivity index (χ2v) is 5.71. The van der Waals surface area contributed by atoms with Crippen LogP contribution in [0.4, 0.5) is 8.78 Å². The molecule has 0 spiro atoms. The molecule has 0 saturated carbocycles. The van der Waals surface area contributed by atoms with Crippen molar-refractivity contribution in [3.63, 3.8) is 0 Å². The Hall–Kier alpha value is -1.53. The highest BCUT2D eigenvalue weighted by Gasteiger charge is 2.37. The number of alkyl halides is 2. The van der Waals surface area contributed by atoms with Crippen LogP contribution in [-0.4, -0.2) is 39.5 Å². The molecule has 1 aromatic heterocycles. The van der Waals surface area contributed by atoms with Gasteiger partial charge in [-0.05, 0) is 26.7 Å². The molecule has 2 heterocycles. The fourth-order valence-corrected chi connectivity index (χ4v) is 2.75. The van der Waals surface area contributed by atoms with Crippen LogP contribution in [0, 0.1) is 0 Å². The highest BCUT2D eigenvalue weighted by molar-refractivity contribution is 5.77. The molecule has 0 aliphatic carbocycles. The summed E-state index contributed by atoms with van der Waals surface area (Å²) in [7, 11) is 0. The number of rotatable bonds is 4. The Morgan fingerprint density at radius 1 is 1.48 bits per heavy atom. The molecule has 7 heteroatoms. The van der Waals surface area contributed by atoms with Gasteiger partial charge in [-0.2, -0.15) is 0 Å². The molecule has 21 heavy (non-hydrogen) atoms. The topological polar surface area (TPSA) is 59.2 Å². The van der Waals surface area contributed by atoms with Gasteiger partial charge in [-0.3, -0.25) is 4.79 Å². The molecular formula is C14H21F2N3O2. The number of carbonyl (C=O) groups is 1. The van der Waals surface area contributed by atoms with Gasteiger partial charge >= 0.3 is 0 Å². The summed E-state index contributed by atoms with van der Waals surface area (Å²) < 4.78 is 31.6. The normalized spacial score (nSPS) is 23.4. The highest BCUT2D eigenvalue weighted by atomic mass is 19.3. The van der Waals surface area contributed by atoms with Gasteiger partial charge < -0.3 is 9.32 Å². The molecule has 2 atom stereocenters. The third kappa shape index (κ3) is 3.77. The monoisotopic (exact) mass is 301 g/mol. The van der Waals surface area contributed by atoms with Crippen LogP contribution < -0.4 is 0 Å². The molecule has 5 nitrogen and oxygen atoms in total. The summed E-state index contributed by atoms with van der Waals surface area (Å²) in [5.74, 6) is -2.53. The average molecular weight is 301 g/mol. The number of carbonyl (C=O) groups excluding carboxylic acids is 1. The minimum atomic E-state index is -2.98. The summed E-state index contributed by atoms with van der Waals surface area (Å²) in [4.78, 5) is 13.6. The molecule has 1 aliphatic rings. The first-order valence-corrected chi connectivity index (χ1v) is 7.31. The van der Waals surface area contributed by atoms with Crippen molar-refractivity contribution < 1.29 is 18.0 Å². The minimum Gasteiger partial charge on any atom is -0.425 e. The first kappa shape index (κ1) is 15.9. The quantitative estimate of drug-likeness (QED) is 0.858. The number of aromatic nitrogens is 2. The van der Waals surface area contributed by atoms with E-state index in [4.69, 9.17) is 4.42 Å². The van der Waals surface area contributed by atoms with Crippen molar-refractivity contribution in [1.82, 2.24) is 15.1 Å². The summed E-state index contributed by atoms with van der Waals surface area (Å²) in [5, 5.41) is 7.96. The van der Waals surface area contributed by atoms with Crippen molar-refractivity contribution in [3.8, 4) is 0 Å². The Balaban J connectivity index is 2.10. The first-order valence-electron chi connectivity index (χ1n) is 7.31. The van der Waals surface area contributed by atoms with Crippen LogP contribution in [0.3, 0.4) is 0 Å². The largest absolute Gasteiger partial charge is 0.425 e. The summed E-state index contributed by atoms with van der Waals surface area (Å²) in [6.45, 7) is 5.04. The number of amides is 1. The van der Waals surface area contributed by atoms with Gasteiger partial charge in [0.05, 0.1) is 12.3 Å². The summed E-state index contributed by atoms with van der Waals surface area (Å²) in [6, 6.07) is -0.209. The van der Waals surface area contributed by atoms with Crippen molar-refractivity contribution in [2.75, 3.05) is 6.54 Å². The Labute approximate surface area is 122 Å². The van der Waals surface area contributed by atoms with Gasteiger partial charge in [0.2, 0.25) is 17.7 Å². The predicted octanol–water partition coefficient (Wildman–Crippen LogP) is 2.77. The lowest BCUT2D eigenvalue weighted by atomic mass is 9.89. The maximum Gasteiger partial charge on any atom is 0.254 e. The molecule has 1 amide bonds. The first-order chi connectivity index (χ1) is 9.81. The van der Waals surface area contributed by atoms with Crippen molar-refractivity contribution in [1.29, 1.82) is 0 Å². The lowest BCUT2D eigenvalue weighted by molar-refractivity contribution is -0.141. The highest BCUT2D eigenvalue weighted by Crippen LogP contribution is 2.33. The fraction of sp³-hybridized carbons (Fsp3) is 0.786. The molecule has 118 valence electrons. The zero-order valence-corrected chi connectivity index (χ0v) is 12.6. The van der Waals surface area contributed by atoms with Crippen LogP contribution in [0.2, 0.25) is 0 Å². The van der Waals surface area contributed by atoms with Gasteiger partial charge in [0.1, 0.15) is 0 Å². The molecule has 0 unspecified atom stereocenters. The Kier molecular flexibility index (Phi) is 4.58. The van der Waals surface area contributed by atoms with Crippen LogP contribution >= 0.6 is 0 Å². The molecule has 2 rings (SSSR count). The van der Waals surface area contributed by atoms with E-state index in [1.807, 2.05) is 13.8 Å². The SMILES string of the molecule is CCc1nnc([C@H]2CCCN(C(=O)CC(C)(F)F)[C@H]2C)o1. The van der Waals surface area contributed by atoms with Crippen LogP contribution in [0.25, 0.3) is 0 Å². The van der Waals surface area contributed by atoms with Gasteiger partial charge in [-0.25, -0.2) is 8.78 Å². The van der Waals surface area contributed by atoms with E-state index in [1.54, 1.807) is 0 Å². The minimum absolute atomic E-state index is 0.0824. The Bertz CT molecular complexity index is 499. The predicted molar refractivity (Wildman–Crippen MR) is 72.1 cm³/mol. The Morgan fingerprint density at radius 3 is 2.76 bits per heavy atom. The van der Waals surface area contributed by atoms with Crippen LogP contribution in [0.1, 0.15) is 57.7 Å². The third-order valence-electron chi connectivity index (χ3n) is 3.87. The maximum atomic E-state index is 13.0. The van der Waals surface area contributed by atoms with Crippen LogP contribution in [-0.2, 0) is 11.2 Å². The molecule has 0 N–H and O–H groups in total. The number of halogens is 2. The van der Waals surface area contributed by atoms with Crippen molar-refractivity contribution in [3.05, 3.63) is 11.8 Å². The lowest BCUT2D eigenvalue weighted by Crippen LogP contribution is -2.47. The van der Waals surface area contributed by atoms with E-state index in [9.17, 15) is 13.6 Å². The fourth-order valence-electron chi connectivity index (χ4n) is 2.75. The zero-order valence-electron chi connectivity index (χ0n) is 12.6. The van der Waals surface area contributed by atoms with E-state index < -0.39 is 18.3 Å². The van der Waals surface area contributed by atoms with Gasteiger partial charge in [-0.15, -0.1) is 10.2 Å². The van der Waals surface area contributed by atoms with Crippen LogP contribution in [0.5, 0.6) is 0 Å². The second kappa shape index (κ2) is 6.07. The van der Waals surface area contributed by atoms with Gasteiger partial charge in [0.15, 0.2) is 0 Å². The van der Waals surface area contributed by atoms with Gasteiger partial charge in [-0.1, -0.05) is 6.92 Å². The van der Waals surface area contributed by atoms with Gasteiger partial charge in [0, 0.05) is 19.0 Å². The van der Waals surface area contributed by atoms with E-state index in [2.05, 4.69) is 10.2 Å². The second-order valence-electron chi connectivity index (χ2n) is 5.71. The molecule has 1 saturated heterocycles. The number of likely N-dealkylation sites (tertiary alicyclic amines) is 1. The van der Waals surface area contributed by atoms with Crippen LogP contribution in [0.15, 0.2) is 4.42 Å². The summed E-state index contributed by atoms with van der Waals surface area (Å²) in [5.41, 5.74) is 0. The molecular weight excluding hydrogens is 280 g/mol. The van der Waals surface area contributed by atoms with E-state index in [0.29, 0.717) is 24.7 Å². The number of hydrogen-bond donors (Lipinski definition) is 0. The number of aryl methyl sites for hydroxylation is 1.